The molecule has 3 rings (SSSR count). The monoisotopic (exact) mass is 349 g/mol. The van der Waals surface area contributed by atoms with E-state index in [-0.39, 0.29) is 36.8 Å². The summed E-state index contributed by atoms with van der Waals surface area (Å²) < 4.78 is 39.9. The quantitative estimate of drug-likeness (QED) is 0.902. The summed E-state index contributed by atoms with van der Waals surface area (Å²) in [5.41, 5.74) is -0.798. The highest BCUT2D eigenvalue weighted by Gasteiger charge is 2.41. The number of hydrogen-bond acceptors (Lipinski definition) is 2. The number of benzene rings is 2. The van der Waals surface area contributed by atoms with E-state index in [2.05, 4.69) is 0 Å². The molecular formula is C19H18F3NO2. The molecule has 0 bridgehead atoms. The molecule has 1 N–H and O–H groups in total. The van der Waals surface area contributed by atoms with E-state index in [1.807, 2.05) is 0 Å². The second-order valence-electron chi connectivity index (χ2n) is 6.46. The Morgan fingerprint density at radius 3 is 2.36 bits per heavy atom. The normalized spacial score (nSPS) is 23.6. The number of piperidine rings is 1. The van der Waals surface area contributed by atoms with Crippen LogP contribution < -0.4 is 0 Å². The Morgan fingerprint density at radius 2 is 1.76 bits per heavy atom. The van der Waals surface area contributed by atoms with Crippen molar-refractivity contribution >= 4 is 5.91 Å². The molecule has 2 aromatic carbocycles. The maximum atomic E-state index is 13.8. The van der Waals surface area contributed by atoms with Gasteiger partial charge >= 0.3 is 0 Å². The lowest BCUT2D eigenvalue weighted by molar-refractivity contribution is -0.0643. The lowest BCUT2D eigenvalue weighted by Crippen LogP contribution is -2.50. The van der Waals surface area contributed by atoms with Crippen LogP contribution >= 0.6 is 0 Å². The third kappa shape index (κ3) is 3.26. The van der Waals surface area contributed by atoms with Crippen LogP contribution in [0.25, 0.3) is 0 Å². The van der Waals surface area contributed by atoms with Gasteiger partial charge in [0.1, 0.15) is 17.5 Å². The molecule has 0 aliphatic carbocycles. The van der Waals surface area contributed by atoms with E-state index in [0.29, 0.717) is 11.6 Å². The zero-order chi connectivity index (χ0) is 18.2. The molecule has 132 valence electrons. The van der Waals surface area contributed by atoms with Gasteiger partial charge in [-0.1, -0.05) is 19.1 Å². The topological polar surface area (TPSA) is 40.5 Å². The van der Waals surface area contributed by atoms with Crippen molar-refractivity contribution in [1.82, 2.24) is 4.90 Å². The molecule has 25 heavy (non-hydrogen) atoms. The maximum absolute atomic E-state index is 13.8. The molecule has 3 nitrogen and oxygen atoms in total. The summed E-state index contributed by atoms with van der Waals surface area (Å²) in [5.74, 6) is -2.91. The summed E-state index contributed by atoms with van der Waals surface area (Å²) in [6.45, 7) is 2.21. The van der Waals surface area contributed by atoms with Crippen molar-refractivity contribution in [1.29, 1.82) is 0 Å². The maximum Gasteiger partial charge on any atom is 0.256 e. The van der Waals surface area contributed by atoms with Crippen LogP contribution in [0.2, 0.25) is 0 Å². The van der Waals surface area contributed by atoms with Crippen molar-refractivity contribution in [3.8, 4) is 0 Å². The molecule has 1 fully saturated rings. The number of carbonyl (C=O) groups is 1. The number of rotatable bonds is 2. The summed E-state index contributed by atoms with van der Waals surface area (Å²) in [7, 11) is 0. The SMILES string of the molecule is CC1CN(C(=O)c2ccc(F)cc2F)CCC1(O)c1ccc(F)cc1. The van der Waals surface area contributed by atoms with Gasteiger partial charge in [-0.3, -0.25) is 4.79 Å². The van der Waals surface area contributed by atoms with Crippen molar-refractivity contribution in [3.63, 3.8) is 0 Å². The van der Waals surface area contributed by atoms with Crippen LogP contribution in [0.3, 0.4) is 0 Å². The molecule has 0 radical (unpaired) electrons. The average molecular weight is 349 g/mol. The van der Waals surface area contributed by atoms with Gasteiger partial charge in [-0.05, 0) is 36.2 Å². The number of carbonyl (C=O) groups excluding carboxylic acids is 1. The van der Waals surface area contributed by atoms with Crippen LogP contribution in [0, 0.1) is 23.4 Å². The Labute approximate surface area is 143 Å². The van der Waals surface area contributed by atoms with Crippen molar-refractivity contribution in [2.75, 3.05) is 13.1 Å². The summed E-state index contributed by atoms with van der Waals surface area (Å²) >= 11 is 0. The first-order valence-corrected chi connectivity index (χ1v) is 8.04. The minimum absolute atomic E-state index is 0.194. The van der Waals surface area contributed by atoms with Crippen LogP contribution in [0.15, 0.2) is 42.5 Å². The molecule has 6 heteroatoms. The second-order valence-corrected chi connectivity index (χ2v) is 6.46. The minimum atomic E-state index is -1.19. The van der Waals surface area contributed by atoms with Gasteiger partial charge in [-0.25, -0.2) is 13.2 Å². The van der Waals surface area contributed by atoms with Gasteiger partial charge in [0.05, 0.1) is 11.2 Å². The summed E-state index contributed by atoms with van der Waals surface area (Å²) in [4.78, 5) is 13.9. The Balaban J connectivity index is 1.79. The first kappa shape index (κ1) is 17.5. The largest absolute Gasteiger partial charge is 0.385 e. The van der Waals surface area contributed by atoms with Crippen molar-refractivity contribution in [3.05, 3.63) is 71.0 Å². The lowest BCUT2D eigenvalue weighted by atomic mass is 9.77. The number of hydrogen-bond donors (Lipinski definition) is 1. The number of amides is 1. The molecule has 0 spiro atoms. The zero-order valence-corrected chi connectivity index (χ0v) is 13.7. The van der Waals surface area contributed by atoms with Gasteiger partial charge in [0.15, 0.2) is 0 Å². The third-order valence-corrected chi connectivity index (χ3v) is 4.87. The Bertz CT molecular complexity index is 794. The molecule has 1 aliphatic rings. The summed E-state index contributed by atoms with van der Waals surface area (Å²) in [6, 6.07) is 8.47. The van der Waals surface area contributed by atoms with Crippen molar-refractivity contribution < 1.29 is 23.1 Å². The Kier molecular flexibility index (Phi) is 4.56. The van der Waals surface area contributed by atoms with E-state index >= 15 is 0 Å². The van der Waals surface area contributed by atoms with Gasteiger partial charge in [0.25, 0.3) is 5.91 Å². The van der Waals surface area contributed by atoms with Crippen LogP contribution in [-0.2, 0) is 5.60 Å². The molecular weight excluding hydrogens is 331 g/mol. The fourth-order valence-electron chi connectivity index (χ4n) is 3.31. The van der Waals surface area contributed by atoms with Gasteiger partial charge in [0.2, 0.25) is 0 Å². The predicted octanol–water partition coefficient (Wildman–Crippen LogP) is 3.47. The molecule has 0 aromatic heterocycles. The highest BCUT2D eigenvalue weighted by atomic mass is 19.1. The second kappa shape index (κ2) is 6.52. The lowest BCUT2D eigenvalue weighted by Gasteiger charge is -2.43. The average Bonchev–Trinajstić information content (AvgIpc) is 2.57. The van der Waals surface area contributed by atoms with E-state index in [1.165, 1.54) is 29.2 Å². The smallest absolute Gasteiger partial charge is 0.256 e. The zero-order valence-electron chi connectivity index (χ0n) is 13.7. The number of halogens is 3. The number of nitrogens with zero attached hydrogens (tertiary/aromatic N) is 1. The van der Waals surface area contributed by atoms with Gasteiger partial charge in [-0.15, -0.1) is 0 Å². The molecule has 0 saturated carbocycles. The van der Waals surface area contributed by atoms with E-state index in [9.17, 15) is 23.1 Å². The summed E-state index contributed by atoms with van der Waals surface area (Å²) in [5, 5.41) is 11.0. The van der Waals surface area contributed by atoms with Gasteiger partial charge in [0, 0.05) is 25.1 Å². The molecule has 1 saturated heterocycles. The van der Waals surface area contributed by atoms with E-state index < -0.39 is 23.1 Å². The van der Waals surface area contributed by atoms with Crippen LogP contribution in [0.5, 0.6) is 0 Å². The first-order chi connectivity index (χ1) is 11.8. The molecule has 1 heterocycles. The number of aliphatic hydroxyl groups is 1. The van der Waals surface area contributed by atoms with E-state index in [4.69, 9.17) is 0 Å². The Morgan fingerprint density at radius 1 is 1.12 bits per heavy atom. The fraction of sp³-hybridized carbons (Fsp3) is 0.316. The summed E-state index contributed by atoms with van der Waals surface area (Å²) in [6.07, 6.45) is 0.244. The standard InChI is InChI=1S/C19H18F3NO2/c1-12-11-23(18(24)16-7-6-15(21)10-17(16)22)9-8-19(12,25)13-2-4-14(20)5-3-13/h2-7,10,12,25H,8-9,11H2,1H3. The molecule has 2 unspecified atom stereocenters. The van der Waals surface area contributed by atoms with Crippen LogP contribution in [0.1, 0.15) is 29.3 Å². The van der Waals surface area contributed by atoms with Crippen molar-refractivity contribution in [2.45, 2.75) is 18.9 Å². The molecule has 2 atom stereocenters. The van der Waals surface area contributed by atoms with Crippen LogP contribution in [0.4, 0.5) is 13.2 Å². The predicted molar refractivity (Wildman–Crippen MR) is 86.3 cm³/mol. The number of likely N-dealkylation sites (tertiary alicyclic amines) is 1. The Hall–Kier alpha value is -2.34. The highest BCUT2D eigenvalue weighted by molar-refractivity contribution is 5.94. The fourth-order valence-corrected chi connectivity index (χ4v) is 3.31. The first-order valence-electron chi connectivity index (χ1n) is 8.04. The minimum Gasteiger partial charge on any atom is -0.385 e. The third-order valence-electron chi connectivity index (χ3n) is 4.87. The molecule has 1 amide bonds. The van der Waals surface area contributed by atoms with Gasteiger partial charge in [-0.2, -0.15) is 0 Å². The highest BCUT2D eigenvalue weighted by Crippen LogP contribution is 2.37. The van der Waals surface area contributed by atoms with E-state index in [1.54, 1.807) is 6.92 Å². The van der Waals surface area contributed by atoms with E-state index in [0.717, 1.165) is 12.1 Å². The molecule has 2 aromatic rings. The molecule has 1 aliphatic heterocycles. The van der Waals surface area contributed by atoms with Gasteiger partial charge < -0.3 is 10.0 Å². The van der Waals surface area contributed by atoms with Crippen molar-refractivity contribution in [2.24, 2.45) is 5.92 Å². The van der Waals surface area contributed by atoms with Crippen LogP contribution in [-0.4, -0.2) is 29.0 Å².